The number of anilines is 1. The van der Waals surface area contributed by atoms with Crippen molar-refractivity contribution in [1.82, 2.24) is 24.6 Å². The monoisotopic (exact) mass is 394 g/mol. The lowest BCUT2D eigenvalue weighted by molar-refractivity contribution is -0.159. The number of carbonyl (C=O) groups excluding carboxylic acids is 1. The van der Waals surface area contributed by atoms with E-state index in [0.29, 0.717) is 32.6 Å². The van der Waals surface area contributed by atoms with E-state index >= 15 is 0 Å². The highest BCUT2D eigenvalue weighted by Gasteiger charge is 2.42. The summed E-state index contributed by atoms with van der Waals surface area (Å²) in [6.45, 7) is 1.56. The van der Waals surface area contributed by atoms with Crippen molar-refractivity contribution in [2.45, 2.75) is 18.6 Å². The van der Waals surface area contributed by atoms with Gasteiger partial charge in [0.05, 0.1) is 6.04 Å². The van der Waals surface area contributed by atoms with Gasteiger partial charge in [-0.3, -0.25) is 9.69 Å². The average molecular weight is 394 g/mol. The summed E-state index contributed by atoms with van der Waals surface area (Å²) in [5.41, 5.74) is 0. The van der Waals surface area contributed by atoms with Gasteiger partial charge in [0.25, 0.3) is 0 Å². The van der Waals surface area contributed by atoms with Gasteiger partial charge in [0.1, 0.15) is 12.4 Å². The van der Waals surface area contributed by atoms with Crippen molar-refractivity contribution >= 4 is 11.7 Å². The molecule has 2 aliphatic rings. The standard InChI is InChI=1S/C18H21F3N6O/c19-18(20,21)13-26-8-5-14(17(26)28)24-9-11-25(12-10-24)15-3-1-4-16(23-15)27-7-2-6-22-27/h1-4,6-7,14H,5,8-13H2. The molecule has 28 heavy (non-hydrogen) atoms. The Morgan fingerprint density at radius 1 is 1.04 bits per heavy atom. The van der Waals surface area contributed by atoms with Crippen molar-refractivity contribution in [3.8, 4) is 5.82 Å². The van der Waals surface area contributed by atoms with Crippen LogP contribution in [0.1, 0.15) is 6.42 Å². The number of hydrogen-bond acceptors (Lipinski definition) is 5. The quantitative estimate of drug-likeness (QED) is 0.788. The molecule has 0 aromatic carbocycles. The van der Waals surface area contributed by atoms with Gasteiger partial charge < -0.3 is 9.80 Å². The molecule has 4 heterocycles. The van der Waals surface area contributed by atoms with Crippen LogP contribution in [-0.2, 0) is 4.79 Å². The number of nitrogens with zero attached hydrogens (tertiary/aromatic N) is 6. The minimum Gasteiger partial charge on any atom is -0.354 e. The summed E-state index contributed by atoms with van der Waals surface area (Å²) < 4.78 is 39.5. The molecule has 150 valence electrons. The smallest absolute Gasteiger partial charge is 0.354 e. The summed E-state index contributed by atoms with van der Waals surface area (Å²) in [5, 5.41) is 4.18. The molecule has 0 aliphatic carbocycles. The van der Waals surface area contributed by atoms with Gasteiger partial charge in [-0.05, 0) is 24.6 Å². The molecule has 2 fully saturated rings. The topological polar surface area (TPSA) is 57.5 Å². The number of pyridine rings is 1. The summed E-state index contributed by atoms with van der Waals surface area (Å²) in [4.78, 5) is 22.0. The Bertz CT molecular complexity index is 817. The van der Waals surface area contributed by atoms with Crippen LogP contribution in [0.5, 0.6) is 0 Å². The second kappa shape index (κ2) is 7.42. The predicted octanol–water partition coefficient (Wildman–Crippen LogP) is 1.55. The first-order valence-corrected chi connectivity index (χ1v) is 9.22. The van der Waals surface area contributed by atoms with Crippen molar-refractivity contribution in [3.05, 3.63) is 36.7 Å². The van der Waals surface area contributed by atoms with Gasteiger partial charge in [-0.15, -0.1) is 0 Å². The highest BCUT2D eigenvalue weighted by Crippen LogP contribution is 2.25. The zero-order valence-electron chi connectivity index (χ0n) is 15.2. The fourth-order valence-corrected chi connectivity index (χ4v) is 3.82. The minimum atomic E-state index is -4.35. The molecule has 0 saturated carbocycles. The molecule has 1 amide bonds. The molecule has 0 bridgehead atoms. The van der Waals surface area contributed by atoms with Crippen LogP contribution in [0, 0.1) is 0 Å². The Kier molecular flexibility index (Phi) is 4.96. The third kappa shape index (κ3) is 3.96. The normalized spacial score (nSPS) is 21.5. The zero-order valence-corrected chi connectivity index (χ0v) is 15.2. The number of piperazine rings is 1. The maximum absolute atomic E-state index is 12.6. The molecule has 4 rings (SSSR count). The summed E-state index contributed by atoms with van der Waals surface area (Å²) in [6, 6.07) is 7.09. The van der Waals surface area contributed by atoms with E-state index < -0.39 is 24.7 Å². The Morgan fingerprint density at radius 3 is 2.46 bits per heavy atom. The van der Waals surface area contributed by atoms with Gasteiger partial charge in [0, 0.05) is 45.1 Å². The van der Waals surface area contributed by atoms with E-state index in [0.717, 1.165) is 16.5 Å². The van der Waals surface area contributed by atoms with Gasteiger partial charge in [0.15, 0.2) is 5.82 Å². The van der Waals surface area contributed by atoms with Crippen molar-refractivity contribution in [2.75, 3.05) is 44.2 Å². The van der Waals surface area contributed by atoms with Crippen LogP contribution in [-0.4, -0.2) is 82.0 Å². The van der Waals surface area contributed by atoms with Crippen LogP contribution in [0.15, 0.2) is 36.7 Å². The molecule has 2 saturated heterocycles. The fourth-order valence-electron chi connectivity index (χ4n) is 3.82. The minimum absolute atomic E-state index is 0.163. The number of aromatic nitrogens is 3. The molecule has 0 spiro atoms. The van der Waals surface area contributed by atoms with E-state index in [-0.39, 0.29) is 6.54 Å². The van der Waals surface area contributed by atoms with Crippen LogP contribution >= 0.6 is 0 Å². The Balaban J connectivity index is 1.37. The van der Waals surface area contributed by atoms with E-state index in [1.165, 1.54) is 0 Å². The molecule has 10 heteroatoms. The lowest BCUT2D eigenvalue weighted by Gasteiger charge is -2.37. The lowest BCUT2D eigenvalue weighted by atomic mass is 10.2. The lowest BCUT2D eigenvalue weighted by Crippen LogP contribution is -2.53. The van der Waals surface area contributed by atoms with Crippen molar-refractivity contribution in [3.63, 3.8) is 0 Å². The van der Waals surface area contributed by atoms with Crippen LogP contribution in [0.25, 0.3) is 5.82 Å². The van der Waals surface area contributed by atoms with E-state index in [1.807, 2.05) is 35.4 Å². The number of halogens is 3. The van der Waals surface area contributed by atoms with Crippen molar-refractivity contribution in [2.24, 2.45) is 0 Å². The Labute approximate surface area is 160 Å². The fraction of sp³-hybridized carbons (Fsp3) is 0.500. The number of rotatable bonds is 4. The summed E-state index contributed by atoms with van der Waals surface area (Å²) in [7, 11) is 0. The summed E-state index contributed by atoms with van der Waals surface area (Å²) in [5.74, 6) is 1.13. The maximum atomic E-state index is 12.6. The van der Waals surface area contributed by atoms with Gasteiger partial charge in [-0.1, -0.05) is 6.07 Å². The van der Waals surface area contributed by atoms with Crippen molar-refractivity contribution < 1.29 is 18.0 Å². The molecule has 1 unspecified atom stereocenters. The van der Waals surface area contributed by atoms with Crippen LogP contribution in [0.2, 0.25) is 0 Å². The molecule has 1 atom stereocenters. The second-order valence-electron chi connectivity index (χ2n) is 7.01. The molecule has 2 aliphatic heterocycles. The van der Waals surface area contributed by atoms with Gasteiger partial charge in [0.2, 0.25) is 5.91 Å². The van der Waals surface area contributed by atoms with Crippen LogP contribution in [0.4, 0.5) is 19.0 Å². The largest absolute Gasteiger partial charge is 0.406 e. The van der Waals surface area contributed by atoms with Crippen molar-refractivity contribution in [1.29, 1.82) is 0 Å². The van der Waals surface area contributed by atoms with E-state index in [1.54, 1.807) is 10.9 Å². The van der Waals surface area contributed by atoms with Gasteiger partial charge in [-0.2, -0.15) is 18.3 Å². The highest BCUT2D eigenvalue weighted by molar-refractivity contribution is 5.84. The molecular formula is C18H21F3N6O. The third-order valence-corrected chi connectivity index (χ3v) is 5.18. The van der Waals surface area contributed by atoms with Crippen LogP contribution < -0.4 is 4.90 Å². The number of amides is 1. The average Bonchev–Trinajstić information content (AvgIpc) is 3.32. The summed E-state index contributed by atoms with van der Waals surface area (Å²) in [6.07, 6.45) is -0.396. The highest BCUT2D eigenvalue weighted by atomic mass is 19.4. The Hall–Kier alpha value is -2.62. The third-order valence-electron chi connectivity index (χ3n) is 5.18. The number of alkyl halides is 3. The Morgan fingerprint density at radius 2 is 1.79 bits per heavy atom. The predicted molar refractivity (Wildman–Crippen MR) is 96.2 cm³/mol. The number of hydrogen-bond donors (Lipinski definition) is 0. The molecule has 2 aromatic rings. The first-order chi connectivity index (χ1) is 13.4. The van der Waals surface area contributed by atoms with Gasteiger partial charge >= 0.3 is 6.18 Å². The van der Waals surface area contributed by atoms with Crippen LogP contribution in [0.3, 0.4) is 0 Å². The second-order valence-corrected chi connectivity index (χ2v) is 7.01. The molecule has 0 N–H and O–H groups in total. The number of carbonyl (C=O) groups is 1. The molecule has 0 radical (unpaired) electrons. The SMILES string of the molecule is O=C1C(N2CCN(c3cccc(-n4cccn4)n3)CC2)CCN1CC(F)(F)F. The molecule has 7 nitrogen and oxygen atoms in total. The zero-order chi connectivity index (χ0) is 19.7. The molecule has 2 aromatic heterocycles. The number of likely N-dealkylation sites (tertiary alicyclic amines) is 1. The van der Waals surface area contributed by atoms with E-state index in [4.69, 9.17) is 0 Å². The maximum Gasteiger partial charge on any atom is 0.406 e. The molecular weight excluding hydrogens is 373 g/mol. The first-order valence-electron chi connectivity index (χ1n) is 9.22. The first kappa shape index (κ1) is 18.7. The van der Waals surface area contributed by atoms with Gasteiger partial charge in [-0.25, -0.2) is 9.67 Å². The summed E-state index contributed by atoms with van der Waals surface area (Å²) >= 11 is 0. The van der Waals surface area contributed by atoms with E-state index in [2.05, 4.69) is 15.0 Å². The van der Waals surface area contributed by atoms with E-state index in [9.17, 15) is 18.0 Å².